The van der Waals surface area contributed by atoms with E-state index in [2.05, 4.69) is 23.8 Å². The summed E-state index contributed by atoms with van der Waals surface area (Å²) >= 11 is 0. The summed E-state index contributed by atoms with van der Waals surface area (Å²) in [5.41, 5.74) is 1.23. The minimum absolute atomic E-state index is 0.00367. The van der Waals surface area contributed by atoms with Crippen molar-refractivity contribution in [1.82, 2.24) is 14.9 Å². The van der Waals surface area contributed by atoms with Crippen LogP contribution in [0.1, 0.15) is 36.5 Å². The maximum absolute atomic E-state index is 12.5. The summed E-state index contributed by atoms with van der Waals surface area (Å²) in [6, 6.07) is 0.214. The number of hydrogen-bond acceptors (Lipinski definition) is 4. The second-order valence-corrected chi connectivity index (χ2v) is 6.47. The molecule has 20 heavy (non-hydrogen) atoms. The first-order valence-electron chi connectivity index (χ1n) is 7.10. The van der Waals surface area contributed by atoms with Crippen molar-refractivity contribution in [1.29, 1.82) is 0 Å². The minimum atomic E-state index is -0.0547. The van der Waals surface area contributed by atoms with Gasteiger partial charge in [0.1, 0.15) is 5.69 Å². The van der Waals surface area contributed by atoms with Gasteiger partial charge in [0.25, 0.3) is 5.91 Å². The number of amides is 1. The van der Waals surface area contributed by atoms with E-state index in [0.29, 0.717) is 11.6 Å². The highest BCUT2D eigenvalue weighted by atomic mass is 16.5. The summed E-state index contributed by atoms with van der Waals surface area (Å²) < 4.78 is 5.78. The molecule has 5 nitrogen and oxygen atoms in total. The van der Waals surface area contributed by atoms with Gasteiger partial charge in [0.2, 0.25) is 0 Å². The average Bonchev–Trinajstić information content (AvgIpc) is 2.85. The molecule has 1 aliphatic heterocycles. The highest BCUT2D eigenvalue weighted by Gasteiger charge is 2.61. The maximum atomic E-state index is 12.5. The molecule has 2 fully saturated rings. The van der Waals surface area contributed by atoms with Crippen LogP contribution in [-0.2, 0) is 4.74 Å². The van der Waals surface area contributed by atoms with Gasteiger partial charge in [-0.05, 0) is 13.3 Å². The maximum Gasteiger partial charge on any atom is 0.274 e. The summed E-state index contributed by atoms with van der Waals surface area (Å²) in [7, 11) is 1.87. The lowest BCUT2D eigenvalue weighted by Crippen LogP contribution is -2.66. The van der Waals surface area contributed by atoms with Crippen LogP contribution in [0.25, 0.3) is 0 Å². The van der Waals surface area contributed by atoms with E-state index >= 15 is 0 Å². The number of nitrogens with zero attached hydrogens (tertiary/aromatic N) is 3. The van der Waals surface area contributed by atoms with Crippen molar-refractivity contribution in [2.24, 2.45) is 11.3 Å². The number of aryl methyl sites for hydroxylation is 1. The van der Waals surface area contributed by atoms with Gasteiger partial charge < -0.3 is 9.64 Å². The molecule has 0 aromatic carbocycles. The standard InChI is InChI=1S/C15H21N3O2/c1-9-7-17-11(8-16-9)14(19)18(4)12-10-5-6-20-13(10)15(12,2)3/h7-8,10,12-13H,5-6H2,1-4H3/t10-,12-,13+/m1/s1. The van der Waals surface area contributed by atoms with Crippen molar-refractivity contribution in [2.75, 3.05) is 13.7 Å². The number of ether oxygens (including phenoxy) is 1. The molecule has 1 aromatic rings. The summed E-state index contributed by atoms with van der Waals surface area (Å²) in [6.45, 7) is 7.02. The van der Waals surface area contributed by atoms with Crippen LogP contribution in [0.4, 0.5) is 0 Å². The van der Waals surface area contributed by atoms with Crippen LogP contribution in [-0.4, -0.2) is 46.6 Å². The van der Waals surface area contributed by atoms with Crippen molar-refractivity contribution in [3.63, 3.8) is 0 Å². The molecule has 3 atom stereocenters. The van der Waals surface area contributed by atoms with Crippen molar-refractivity contribution in [3.05, 3.63) is 23.8 Å². The molecule has 1 aliphatic carbocycles. The van der Waals surface area contributed by atoms with Crippen LogP contribution in [0.3, 0.4) is 0 Å². The van der Waals surface area contributed by atoms with Crippen LogP contribution >= 0.6 is 0 Å². The number of hydrogen-bond donors (Lipinski definition) is 0. The zero-order chi connectivity index (χ0) is 14.5. The Morgan fingerprint density at radius 2 is 2.15 bits per heavy atom. The predicted molar refractivity (Wildman–Crippen MR) is 74.3 cm³/mol. The SMILES string of the molecule is Cc1cnc(C(=O)N(C)[C@@H]2[C@H]3CCO[C@@H]3C2(C)C)cn1. The first-order valence-corrected chi connectivity index (χ1v) is 7.10. The lowest BCUT2D eigenvalue weighted by molar-refractivity contribution is -0.139. The first kappa shape index (κ1) is 13.5. The van der Waals surface area contributed by atoms with Crippen LogP contribution in [0.5, 0.6) is 0 Å². The van der Waals surface area contributed by atoms with Gasteiger partial charge in [-0.2, -0.15) is 0 Å². The molecule has 1 aromatic heterocycles. The molecule has 0 bridgehead atoms. The fourth-order valence-corrected chi connectivity index (χ4v) is 3.89. The molecule has 0 spiro atoms. The van der Waals surface area contributed by atoms with Crippen LogP contribution in [0.15, 0.2) is 12.4 Å². The number of rotatable bonds is 2. The molecule has 1 saturated carbocycles. The highest BCUT2D eigenvalue weighted by Crippen LogP contribution is 2.54. The molecule has 2 aliphatic rings. The van der Waals surface area contributed by atoms with Crippen molar-refractivity contribution in [2.45, 2.75) is 39.3 Å². The Kier molecular flexibility index (Phi) is 3.05. The summed E-state index contributed by atoms with van der Waals surface area (Å²) in [5.74, 6) is 0.401. The molecular weight excluding hydrogens is 254 g/mol. The van der Waals surface area contributed by atoms with Gasteiger partial charge in [0.05, 0.1) is 18.0 Å². The van der Waals surface area contributed by atoms with Crippen molar-refractivity contribution >= 4 is 5.91 Å². The van der Waals surface area contributed by atoms with Crippen LogP contribution in [0.2, 0.25) is 0 Å². The molecule has 0 unspecified atom stereocenters. The second-order valence-electron chi connectivity index (χ2n) is 6.47. The normalized spacial score (nSPS) is 30.5. The molecule has 3 rings (SSSR count). The number of carbonyl (C=O) groups is 1. The van der Waals surface area contributed by atoms with Crippen LogP contribution in [0, 0.1) is 18.3 Å². The Hall–Kier alpha value is -1.49. The monoisotopic (exact) mass is 275 g/mol. The van der Waals surface area contributed by atoms with E-state index < -0.39 is 0 Å². The Bertz CT molecular complexity index is 526. The highest BCUT2D eigenvalue weighted by molar-refractivity contribution is 5.92. The van der Waals surface area contributed by atoms with Crippen molar-refractivity contribution < 1.29 is 9.53 Å². The third-order valence-corrected chi connectivity index (χ3v) is 4.78. The lowest BCUT2D eigenvalue weighted by atomic mass is 9.57. The Labute approximate surface area is 119 Å². The third kappa shape index (κ3) is 1.84. The van der Waals surface area contributed by atoms with Gasteiger partial charge in [0, 0.05) is 37.2 Å². The van der Waals surface area contributed by atoms with Gasteiger partial charge in [-0.25, -0.2) is 4.98 Å². The first-order chi connectivity index (χ1) is 9.43. The second kappa shape index (κ2) is 4.52. The predicted octanol–water partition coefficient (Wildman–Crippen LogP) is 1.67. The summed E-state index contributed by atoms with van der Waals surface area (Å²) in [4.78, 5) is 22.7. The van der Waals surface area contributed by atoms with Crippen molar-refractivity contribution in [3.8, 4) is 0 Å². The lowest BCUT2D eigenvalue weighted by Gasteiger charge is -2.57. The topological polar surface area (TPSA) is 55.3 Å². The molecule has 2 heterocycles. The molecule has 5 heteroatoms. The largest absolute Gasteiger partial charge is 0.377 e. The van der Waals surface area contributed by atoms with Gasteiger partial charge in [-0.3, -0.25) is 9.78 Å². The molecule has 1 saturated heterocycles. The molecular formula is C15H21N3O2. The number of fused-ring (bicyclic) bond motifs is 1. The molecule has 1 amide bonds. The third-order valence-electron chi connectivity index (χ3n) is 4.78. The Morgan fingerprint density at radius 3 is 2.80 bits per heavy atom. The van der Waals surface area contributed by atoms with E-state index in [1.807, 2.05) is 18.9 Å². The Balaban J connectivity index is 1.80. The molecule has 108 valence electrons. The quantitative estimate of drug-likeness (QED) is 0.824. The fraction of sp³-hybridized carbons (Fsp3) is 0.667. The van der Waals surface area contributed by atoms with E-state index in [0.717, 1.165) is 18.7 Å². The zero-order valence-corrected chi connectivity index (χ0v) is 12.5. The van der Waals surface area contributed by atoms with Crippen LogP contribution < -0.4 is 0 Å². The number of aromatic nitrogens is 2. The number of carbonyl (C=O) groups excluding carboxylic acids is 1. The van der Waals surface area contributed by atoms with Gasteiger partial charge in [-0.1, -0.05) is 13.8 Å². The smallest absolute Gasteiger partial charge is 0.274 e. The summed E-state index contributed by atoms with van der Waals surface area (Å²) in [5, 5.41) is 0. The van der Waals surface area contributed by atoms with Gasteiger partial charge in [0.15, 0.2) is 0 Å². The van der Waals surface area contributed by atoms with Gasteiger partial charge in [-0.15, -0.1) is 0 Å². The Morgan fingerprint density at radius 1 is 1.40 bits per heavy atom. The molecule has 0 radical (unpaired) electrons. The summed E-state index contributed by atoms with van der Waals surface area (Å²) in [6.07, 6.45) is 4.51. The van der Waals surface area contributed by atoms with Gasteiger partial charge >= 0.3 is 0 Å². The van der Waals surface area contributed by atoms with E-state index in [4.69, 9.17) is 4.74 Å². The average molecular weight is 275 g/mol. The molecule has 0 N–H and O–H groups in total. The minimum Gasteiger partial charge on any atom is -0.377 e. The van der Waals surface area contributed by atoms with E-state index in [1.54, 1.807) is 12.4 Å². The zero-order valence-electron chi connectivity index (χ0n) is 12.5. The van der Waals surface area contributed by atoms with E-state index in [1.165, 1.54) is 0 Å². The van der Waals surface area contributed by atoms with E-state index in [-0.39, 0.29) is 23.5 Å². The van der Waals surface area contributed by atoms with E-state index in [9.17, 15) is 4.79 Å². The fourth-order valence-electron chi connectivity index (χ4n) is 3.89.